The third-order valence-electron chi connectivity index (χ3n) is 3.60. The van der Waals surface area contributed by atoms with E-state index in [1.807, 2.05) is 12.1 Å². The zero-order valence-corrected chi connectivity index (χ0v) is 13.2. The highest BCUT2D eigenvalue weighted by Gasteiger charge is 2.03. The largest absolute Gasteiger partial charge is 0.310 e. The molecule has 0 spiro atoms. The number of nitrogens with one attached hydrogen (secondary N) is 1. The Morgan fingerprint density at radius 2 is 1.53 bits per heavy atom. The molecule has 0 fully saturated rings. The average molecular weight is 282 g/mol. The van der Waals surface area contributed by atoms with Gasteiger partial charge in [-0.15, -0.1) is 0 Å². The van der Waals surface area contributed by atoms with Gasteiger partial charge in [0, 0.05) is 11.1 Å². The Labute approximate surface area is 123 Å². The van der Waals surface area contributed by atoms with Crippen LogP contribution in [0.1, 0.15) is 70.4 Å². The Hall–Kier alpha value is -0.530. The molecule has 1 N–H and O–H groups in total. The summed E-state index contributed by atoms with van der Waals surface area (Å²) < 4.78 is 0. The lowest BCUT2D eigenvalue weighted by Crippen LogP contribution is -2.19. The second kappa shape index (κ2) is 10.3. The molecule has 0 radical (unpaired) electrons. The highest BCUT2D eigenvalue weighted by molar-refractivity contribution is 6.30. The van der Waals surface area contributed by atoms with Crippen molar-refractivity contribution in [2.45, 2.75) is 64.8 Å². The van der Waals surface area contributed by atoms with Crippen molar-refractivity contribution in [1.29, 1.82) is 0 Å². The fraction of sp³-hybridized carbons (Fsp3) is 0.647. The van der Waals surface area contributed by atoms with E-state index in [0.29, 0.717) is 6.04 Å². The fourth-order valence-electron chi connectivity index (χ4n) is 2.27. The van der Waals surface area contributed by atoms with Gasteiger partial charge in [-0.3, -0.25) is 0 Å². The van der Waals surface area contributed by atoms with E-state index < -0.39 is 0 Å². The standard InChI is InChI=1S/C17H28ClN/c1-3-4-5-6-7-8-9-14-19-15(2)16-10-12-17(18)13-11-16/h10-13,15,19H,3-9,14H2,1-2H3/t15-/m0/s1. The van der Waals surface area contributed by atoms with Crippen molar-refractivity contribution in [3.63, 3.8) is 0 Å². The molecule has 1 nitrogen and oxygen atoms in total. The minimum atomic E-state index is 0.414. The molecule has 1 aromatic carbocycles. The SMILES string of the molecule is CCCCCCCCCN[C@@H](C)c1ccc(Cl)cc1. The van der Waals surface area contributed by atoms with E-state index in [-0.39, 0.29) is 0 Å². The number of benzene rings is 1. The molecule has 0 saturated heterocycles. The second-order valence-corrected chi connectivity index (χ2v) is 5.79. The first-order valence-corrected chi connectivity index (χ1v) is 8.10. The predicted molar refractivity (Wildman–Crippen MR) is 85.9 cm³/mol. The maximum absolute atomic E-state index is 5.89. The molecular weight excluding hydrogens is 254 g/mol. The Morgan fingerprint density at radius 1 is 0.947 bits per heavy atom. The van der Waals surface area contributed by atoms with Gasteiger partial charge < -0.3 is 5.32 Å². The van der Waals surface area contributed by atoms with E-state index in [1.54, 1.807) is 0 Å². The Bertz CT molecular complexity index is 321. The molecular formula is C17H28ClN. The molecule has 0 amide bonds. The van der Waals surface area contributed by atoms with E-state index in [0.717, 1.165) is 11.6 Å². The summed E-state index contributed by atoms with van der Waals surface area (Å²) in [6, 6.07) is 8.54. The second-order valence-electron chi connectivity index (χ2n) is 5.35. The molecule has 108 valence electrons. The summed E-state index contributed by atoms with van der Waals surface area (Å²) in [7, 11) is 0. The van der Waals surface area contributed by atoms with Crippen molar-refractivity contribution >= 4 is 11.6 Å². The number of hydrogen-bond donors (Lipinski definition) is 1. The van der Waals surface area contributed by atoms with Gasteiger partial charge in [0.1, 0.15) is 0 Å². The van der Waals surface area contributed by atoms with Crippen molar-refractivity contribution in [2.75, 3.05) is 6.54 Å². The highest BCUT2D eigenvalue weighted by atomic mass is 35.5. The topological polar surface area (TPSA) is 12.0 Å². The Kier molecular flexibility index (Phi) is 8.94. The first kappa shape index (κ1) is 16.5. The molecule has 0 bridgehead atoms. The third kappa shape index (κ3) is 7.59. The predicted octanol–water partition coefficient (Wildman–Crippen LogP) is 5.74. The minimum absolute atomic E-state index is 0.414. The molecule has 0 aliphatic heterocycles. The molecule has 0 aliphatic carbocycles. The van der Waals surface area contributed by atoms with Crippen LogP contribution < -0.4 is 5.32 Å². The van der Waals surface area contributed by atoms with Gasteiger partial charge in [0.05, 0.1) is 0 Å². The van der Waals surface area contributed by atoms with Crippen LogP contribution in [0.3, 0.4) is 0 Å². The molecule has 19 heavy (non-hydrogen) atoms. The van der Waals surface area contributed by atoms with Gasteiger partial charge in [-0.05, 0) is 37.6 Å². The monoisotopic (exact) mass is 281 g/mol. The van der Waals surface area contributed by atoms with E-state index in [2.05, 4.69) is 31.3 Å². The summed E-state index contributed by atoms with van der Waals surface area (Å²) >= 11 is 5.89. The quantitative estimate of drug-likeness (QED) is 0.539. The number of rotatable bonds is 10. The normalized spacial score (nSPS) is 12.6. The Balaban J connectivity index is 2.04. The van der Waals surface area contributed by atoms with Crippen LogP contribution in [-0.2, 0) is 0 Å². The molecule has 1 rings (SSSR count). The first-order chi connectivity index (χ1) is 9.24. The lowest BCUT2D eigenvalue weighted by Gasteiger charge is -2.14. The number of halogens is 1. The van der Waals surface area contributed by atoms with E-state index >= 15 is 0 Å². The molecule has 0 saturated carbocycles. The van der Waals surface area contributed by atoms with Crippen LogP contribution in [0.5, 0.6) is 0 Å². The van der Waals surface area contributed by atoms with Crippen LogP contribution in [0.25, 0.3) is 0 Å². The molecule has 0 aliphatic rings. The van der Waals surface area contributed by atoms with E-state index in [9.17, 15) is 0 Å². The average Bonchev–Trinajstić information content (AvgIpc) is 2.42. The highest BCUT2D eigenvalue weighted by Crippen LogP contribution is 2.16. The smallest absolute Gasteiger partial charge is 0.0406 e. The van der Waals surface area contributed by atoms with Gasteiger partial charge in [-0.2, -0.15) is 0 Å². The summed E-state index contributed by atoms with van der Waals surface area (Å²) in [4.78, 5) is 0. The van der Waals surface area contributed by atoms with Crippen molar-refractivity contribution in [2.24, 2.45) is 0 Å². The van der Waals surface area contributed by atoms with Gasteiger partial charge in [0.15, 0.2) is 0 Å². The van der Waals surface area contributed by atoms with Crippen molar-refractivity contribution in [3.8, 4) is 0 Å². The number of unbranched alkanes of at least 4 members (excludes halogenated alkanes) is 6. The zero-order valence-electron chi connectivity index (χ0n) is 12.4. The van der Waals surface area contributed by atoms with Gasteiger partial charge in [0.25, 0.3) is 0 Å². The van der Waals surface area contributed by atoms with E-state index in [4.69, 9.17) is 11.6 Å². The van der Waals surface area contributed by atoms with Crippen LogP contribution >= 0.6 is 11.6 Å². The van der Waals surface area contributed by atoms with Crippen molar-refractivity contribution in [1.82, 2.24) is 5.32 Å². The summed E-state index contributed by atoms with van der Waals surface area (Å²) in [5, 5.41) is 4.39. The van der Waals surface area contributed by atoms with E-state index in [1.165, 1.54) is 50.5 Å². The van der Waals surface area contributed by atoms with Gasteiger partial charge >= 0.3 is 0 Å². The maximum atomic E-state index is 5.89. The molecule has 0 unspecified atom stereocenters. The summed E-state index contributed by atoms with van der Waals surface area (Å²) in [6.45, 7) is 5.59. The summed E-state index contributed by atoms with van der Waals surface area (Å²) in [6.07, 6.45) is 9.56. The van der Waals surface area contributed by atoms with Crippen molar-refractivity contribution in [3.05, 3.63) is 34.9 Å². The Morgan fingerprint density at radius 3 is 2.16 bits per heavy atom. The first-order valence-electron chi connectivity index (χ1n) is 7.73. The molecule has 0 aromatic heterocycles. The fourth-order valence-corrected chi connectivity index (χ4v) is 2.40. The summed E-state index contributed by atoms with van der Waals surface area (Å²) in [5.74, 6) is 0. The lowest BCUT2D eigenvalue weighted by atomic mass is 10.1. The minimum Gasteiger partial charge on any atom is -0.310 e. The lowest BCUT2D eigenvalue weighted by molar-refractivity contribution is 0.524. The van der Waals surface area contributed by atoms with Gasteiger partial charge in [0.2, 0.25) is 0 Å². The van der Waals surface area contributed by atoms with Gasteiger partial charge in [-0.25, -0.2) is 0 Å². The van der Waals surface area contributed by atoms with Crippen LogP contribution in [0.2, 0.25) is 5.02 Å². The molecule has 2 heteroatoms. The van der Waals surface area contributed by atoms with Crippen LogP contribution in [0.4, 0.5) is 0 Å². The zero-order chi connectivity index (χ0) is 13.9. The van der Waals surface area contributed by atoms with Crippen LogP contribution in [-0.4, -0.2) is 6.54 Å². The maximum Gasteiger partial charge on any atom is 0.0406 e. The van der Waals surface area contributed by atoms with Crippen LogP contribution in [0, 0.1) is 0 Å². The van der Waals surface area contributed by atoms with Crippen molar-refractivity contribution < 1.29 is 0 Å². The molecule has 0 heterocycles. The van der Waals surface area contributed by atoms with Gasteiger partial charge in [-0.1, -0.05) is 69.2 Å². The third-order valence-corrected chi connectivity index (χ3v) is 3.85. The molecule has 1 atom stereocenters. The molecule has 1 aromatic rings. The number of hydrogen-bond acceptors (Lipinski definition) is 1. The van der Waals surface area contributed by atoms with Crippen LogP contribution in [0.15, 0.2) is 24.3 Å². The summed E-state index contributed by atoms with van der Waals surface area (Å²) in [5.41, 5.74) is 1.31.